The molecule has 1 aliphatic rings. The van der Waals surface area contributed by atoms with Crippen molar-refractivity contribution in [2.75, 3.05) is 13.1 Å². The lowest BCUT2D eigenvalue weighted by atomic mass is 9.92. The maximum atomic E-state index is 10.1. The van der Waals surface area contributed by atoms with Crippen LogP contribution in [0.25, 0.3) is 0 Å². The van der Waals surface area contributed by atoms with Crippen LogP contribution in [0.4, 0.5) is 0 Å². The van der Waals surface area contributed by atoms with Crippen LogP contribution >= 0.6 is 0 Å². The van der Waals surface area contributed by atoms with Crippen LogP contribution in [0.2, 0.25) is 0 Å². The Morgan fingerprint density at radius 3 is 3.14 bits per heavy atom. The van der Waals surface area contributed by atoms with E-state index in [4.69, 9.17) is 0 Å². The van der Waals surface area contributed by atoms with Gasteiger partial charge in [-0.1, -0.05) is 0 Å². The first kappa shape index (κ1) is 9.68. The van der Waals surface area contributed by atoms with Gasteiger partial charge in [-0.15, -0.1) is 0 Å². The maximum Gasteiger partial charge on any atom is 0.0996 e. The molecule has 0 spiro atoms. The van der Waals surface area contributed by atoms with E-state index in [2.05, 4.69) is 10.4 Å². The number of hydrogen-bond donors (Lipinski definition) is 2. The van der Waals surface area contributed by atoms with Crippen LogP contribution in [-0.2, 0) is 7.05 Å². The fourth-order valence-corrected chi connectivity index (χ4v) is 2.06. The number of aliphatic hydroxyl groups excluding tert-OH is 1. The van der Waals surface area contributed by atoms with Gasteiger partial charge in [-0.2, -0.15) is 5.10 Å². The van der Waals surface area contributed by atoms with Crippen molar-refractivity contribution in [3.63, 3.8) is 0 Å². The van der Waals surface area contributed by atoms with E-state index in [0.717, 1.165) is 31.6 Å². The highest BCUT2D eigenvalue weighted by Gasteiger charge is 2.24. The van der Waals surface area contributed by atoms with Crippen LogP contribution in [0.1, 0.15) is 24.6 Å². The van der Waals surface area contributed by atoms with Crippen LogP contribution in [0.3, 0.4) is 0 Å². The van der Waals surface area contributed by atoms with Crippen LogP contribution in [0.15, 0.2) is 12.3 Å². The van der Waals surface area contributed by atoms with Crippen molar-refractivity contribution in [3.05, 3.63) is 18.0 Å². The normalized spacial score (nSPS) is 24.9. The number of piperidine rings is 1. The van der Waals surface area contributed by atoms with E-state index >= 15 is 0 Å². The van der Waals surface area contributed by atoms with E-state index in [0.29, 0.717) is 5.92 Å². The third-order valence-corrected chi connectivity index (χ3v) is 2.94. The highest BCUT2D eigenvalue weighted by molar-refractivity contribution is 5.06. The highest BCUT2D eigenvalue weighted by Crippen LogP contribution is 2.26. The number of rotatable bonds is 2. The number of nitrogens with one attached hydrogen (secondary N) is 1. The Kier molecular flexibility index (Phi) is 2.84. The molecular formula is C10H17N3O. The Labute approximate surface area is 83.9 Å². The SMILES string of the molecule is Cn1nccc1[C@@H](O)[C@H]1CCCNC1. The molecule has 4 heteroatoms. The summed E-state index contributed by atoms with van der Waals surface area (Å²) in [5.41, 5.74) is 0.915. The summed E-state index contributed by atoms with van der Waals surface area (Å²) in [5, 5.41) is 17.5. The van der Waals surface area contributed by atoms with Gasteiger partial charge in [-0.3, -0.25) is 4.68 Å². The zero-order valence-corrected chi connectivity index (χ0v) is 8.48. The van der Waals surface area contributed by atoms with Crippen molar-refractivity contribution in [3.8, 4) is 0 Å². The molecule has 0 saturated carbocycles. The molecule has 0 amide bonds. The summed E-state index contributed by atoms with van der Waals surface area (Å²) in [7, 11) is 1.87. The summed E-state index contributed by atoms with van der Waals surface area (Å²) < 4.78 is 1.75. The van der Waals surface area contributed by atoms with Gasteiger partial charge in [0.2, 0.25) is 0 Å². The molecule has 2 rings (SSSR count). The average Bonchev–Trinajstić information content (AvgIpc) is 2.65. The van der Waals surface area contributed by atoms with E-state index in [1.165, 1.54) is 0 Å². The highest BCUT2D eigenvalue weighted by atomic mass is 16.3. The summed E-state index contributed by atoms with van der Waals surface area (Å²) in [6.45, 7) is 1.99. The predicted octanol–water partition coefficient (Wildman–Crippen LogP) is 0.453. The van der Waals surface area contributed by atoms with Crippen LogP contribution < -0.4 is 5.32 Å². The lowest BCUT2D eigenvalue weighted by molar-refractivity contribution is 0.0848. The largest absolute Gasteiger partial charge is 0.386 e. The van der Waals surface area contributed by atoms with Gasteiger partial charge in [0.1, 0.15) is 0 Å². The fraction of sp³-hybridized carbons (Fsp3) is 0.700. The summed E-state index contributed by atoms with van der Waals surface area (Å²) in [5.74, 6) is 0.333. The van der Waals surface area contributed by atoms with E-state index in [1.54, 1.807) is 10.9 Å². The zero-order valence-electron chi connectivity index (χ0n) is 8.48. The number of aliphatic hydroxyl groups is 1. The molecule has 1 fully saturated rings. The van der Waals surface area contributed by atoms with Gasteiger partial charge in [-0.05, 0) is 25.5 Å². The van der Waals surface area contributed by atoms with Crippen molar-refractivity contribution in [1.82, 2.24) is 15.1 Å². The molecule has 14 heavy (non-hydrogen) atoms. The summed E-state index contributed by atoms with van der Waals surface area (Å²) >= 11 is 0. The molecule has 0 bridgehead atoms. The monoisotopic (exact) mass is 195 g/mol. The van der Waals surface area contributed by atoms with E-state index in [9.17, 15) is 5.11 Å². The number of aromatic nitrogens is 2. The number of hydrogen-bond acceptors (Lipinski definition) is 3. The van der Waals surface area contributed by atoms with Crippen LogP contribution in [-0.4, -0.2) is 28.0 Å². The minimum Gasteiger partial charge on any atom is -0.386 e. The third kappa shape index (κ3) is 1.81. The Hall–Kier alpha value is -0.870. The van der Waals surface area contributed by atoms with Gasteiger partial charge < -0.3 is 10.4 Å². The Morgan fingerprint density at radius 2 is 2.57 bits per heavy atom. The second-order valence-electron chi connectivity index (χ2n) is 3.93. The van der Waals surface area contributed by atoms with Gasteiger partial charge in [0, 0.05) is 25.7 Å². The molecular weight excluding hydrogens is 178 g/mol. The molecule has 4 nitrogen and oxygen atoms in total. The standard InChI is InChI=1S/C10H17N3O/c1-13-9(4-6-12-13)10(14)8-3-2-5-11-7-8/h4,6,8,10-11,14H,2-3,5,7H2,1H3/t8-,10-/m0/s1. The number of aryl methyl sites for hydroxylation is 1. The minimum atomic E-state index is -0.379. The number of nitrogens with zero attached hydrogens (tertiary/aromatic N) is 2. The van der Waals surface area contributed by atoms with Gasteiger partial charge in [-0.25, -0.2) is 0 Å². The first-order chi connectivity index (χ1) is 6.79. The van der Waals surface area contributed by atoms with Crippen LogP contribution in [0.5, 0.6) is 0 Å². The maximum absolute atomic E-state index is 10.1. The zero-order chi connectivity index (χ0) is 9.97. The van der Waals surface area contributed by atoms with Crippen molar-refractivity contribution in [2.24, 2.45) is 13.0 Å². The van der Waals surface area contributed by atoms with Crippen molar-refractivity contribution in [1.29, 1.82) is 0 Å². The molecule has 0 radical (unpaired) electrons. The smallest absolute Gasteiger partial charge is 0.0996 e. The van der Waals surface area contributed by atoms with Crippen molar-refractivity contribution < 1.29 is 5.11 Å². The van der Waals surface area contributed by atoms with Crippen LogP contribution in [0, 0.1) is 5.92 Å². The van der Waals surface area contributed by atoms with E-state index in [-0.39, 0.29) is 6.10 Å². The molecule has 2 heterocycles. The second kappa shape index (κ2) is 4.11. The van der Waals surface area contributed by atoms with Gasteiger partial charge in [0.25, 0.3) is 0 Å². The average molecular weight is 195 g/mol. The molecule has 1 aromatic rings. The summed E-state index contributed by atoms with van der Waals surface area (Å²) in [6.07, 6.45) is 3.60. The first-order valence-electron chi connectivity index (χ1n) is 5.15. The van der Waals surface area contributed by atoms with Gasteiger partial charge in [0.15, 0.2) is 0 Å². The molecule has 1 aromatic heterocycles. The lowest BCUT2D eigenvalue weighted by Gasteiger charge is -2.27. The summed E-state index contributed by atoms with van der Waals surface area (Å²) in [6, 6.07) is 1.89. The molecule has 2 N–H and O–H groups in total. The topological polar surface area (TPSA) is 50.1 Å². The molecule has 0 aliphatic carbocycles. The molecule has 1 saturated heterocycles. The van der Waals surface area contributed by atoms with Gasteiger partial charge >= 0.3 is 0 Å². The predicted molar refractivity (Wildman–Crippen MR) is 53.8 cm³/mol. The minimum absolute atomic E-state index is 0.333. The summed E-state index contributed by atoms with van der Waals surface area (Å²) in [4.78, 5) is 0. The van der Waals surface area contributed by atoms with E-state index in [1.807, 2.05) is 13.1 Å². The van der Waals surface area contributed by atoms with Gasteiger partial charge in [0.05, 0.1) is 11.8 Å². The quantitative estimate of drug-likeness (QED) is 0.720. The first-order valence-corrected chi connectivity index (χ1v) is 5.15. The Morgan fingerprint density at radius 1 is 1.71 bits per heavy atom. The second-order valence-corrected chi connectivity index (χ2v) is 3.93. The molecule has 0 aromatic carbocycles. The molecule has 1 aliphatic heterocycles. The molecule has 78 valence electrons. The van der Waals surface area contributed by atoms with Crippen molar-refractivity contribution in [2.45, 2.75) is 18.9 Å². The van der Waals surface area contributed by atoms with E-state index < -0.39 is 0 Å². The third-order valence-electron chi connectivity index (χ3n) is 2.94. The molecule has 0 unspecified atom stereocenters. The lowest BCUT2D eigenvalue weighted by Crippen LogP contribution is -2.33. The van der Waals surface area contributed by atoms with Crippen molar-refractivity contribution >= 4 is 0 Å². The Balaban J connectivity index is 2.07. The fourth-order valence-electron chi connectivity index (χ4n) is 2.06. The molecule has 2 atom stereocenters. The Bertz CT molecular complexity index is 291.